The lowest BCUT2D eigenvalue weighted by atomic mass is 10.1. The summed E-state index contributed by atoms with van der Waals surface area (Å²) < 4.78 is 29.1. The summed E-state index contributed by atoms with van der Waals surface area (Å²) in [7, 11) is -6.74. The number of rotatable bonds is 8. The van der Waals surface area contributed by atoms with Crippen molar-refractivity contribution in [2.45, 2.75) is 57.6 Å². The zero-order valence-corrected chi connectivity index (χ0v) is 25.3. The minimum Gasteiger partial charge on any atom is -0.477 e. The first-order valence-electron chi connectivity index (χ1n) is 11.8. The summed E-state index contributed by atoms with van der Waals surface area (Å²) in [5, 5.41) is 3.84. The van der Waals surface area contributed by atoms with Gasteiger partial charge in [-0.2, -0.15) is 0 Å². The first kappa shape index (κ1) is 29.4. The Morgan fingerprint density at radius 3 is 2.25 bits per heavy atom. The number of hydrogen-bond donors (Lipinski definition) is 2. The molecule has 194 valence electrons. The van der Waals surface area contributed by atoms with E-state index in [0.717, 1.165) is 17.0 Å². The number of carbonyl (C=O) groups excluding carboxylic acids is 1. The lowest BCUT2D eigenvalue weighted by Crippen LogP contribution is -2.27. The maximum Gasteiger partial charge on any atom is 0.270 e. The molecule has 1 aromatic heterocycles. The lowest BCUT2D eigenvalue weighted by Gasteiger charge is -2.24. The predicted molar refractivity (Wildman–Crippen MR) is 153 cm³/mol. The molecule has 1 aromatic carbocycles. The van der Waals surface area contributed by atoms with Crippen LogP contribution >= 0.6 is 0 Å². The Bertz CT molecular complexity index is 1310. The van der Waals surface area contributed by atoms with Crippen molar-refractivity contribution in [2.24, 2.45) is 0 Å². The van der Waals surface area contributed by atoms with Gasteiger partial charge >= 0.3 is 0 Å². The number of allylic oxidation sites excluding steroid dienone is 1. The number of anilines is 1. The zero-order valence-electron chi connectivity index (χ0n) is 22.4. The minimum absolute atomic E-state index is 0.149. The van der Waals surface area contributed by atoms with Gasteiger partial charge in [0.2, 0.25) is 5.88 Å². The fourth-order valence-electron chi connectivity index (χ4n) is 3.28. The Labute approximate surface area is 217 Å². The van der Waals surface area contributed by atoms with Gasteiger partial charge in [-0.15, -0.1) is 5.54 Å². The van der Waals surface area contributed by atoms with Crippen molar-refractivity contribution in [3.8, 4) is 17.3 Å². The van der Waals surface area contributed by atoms with E-state index >= 15 is 0 Å². The van der Waals surface area contributed by atoms with E-state index in [0.29, 0.717) is 23.7 Å². The fraction of sp³-hybridized carbons (Fsp3) is 0.385. The number of hydrogen-bond acceptors (Lipinski definition) is 6. The van der Waals surface area contributed by atoms with Crippen molar-refractivity contribution >= 4 is 42.8 Å². The number of nitrogen functional groups attached to an aromatic ring is 1. The van der Waals surface area contributed by atoms with E-state index in [1.807, 2.05) is 13.0 Å². The molecule has 2 rings (SSSR count). The summed E-state index contributed by atoms with van der Waals surface area (Å²) in [6.45, 7) is 15.6. The average Bonchev–Trinajstić information content (AvgIpc) is 2.74. The quantitative estimate of drug-likeness (QED) is 0.374. The average molecular weight is 544 g/mol. The topological polar surface area (TPSA) is 111 Å². The number of sulfone groups is 1. The van der Waals surface area contributed by atoms with Crippen LogP contribution in [0.15, 0.2) is 41.3 Å². The van der Waals surface area contributed by atoms with Gasteiger partial charge in [0.25, 0.3) is 5.91 Å². The van der Waals surface area contributed by atoms with Crippen molar-refractivity contribution in [3.05, 3.63) is 53.2 Å². The number of aromatic nitrogens is 1. The number of nitrogens with two attached hydrogens (primary N) is 1. The molecule has 1 amide bonds. The molecule has 0 fully saturated rings. The molecular weight excluding hydrogens is 507 g/mol. The van der Waals surface area contributed by atoms with Crippen LogP contribution in [0.25, 0.3) is 5.20 Å². The van der Waals surface area contributed by atoms with Gasteiger partial charge in [-0.3, -0.25) is 4.79 Å². The molecule has 3 N–H and O–H groups in total. The number of ether oxygens (including phenoxy) is 1. The Hall–Kier alpha value is -2.88. The highest BCUT2D eigenvalue weighted by molar-refractivity contribution is 7.90. The molecule has 0 aliphatic rings. The zero-order chi connectivity index (χ0) is 27.3. The van der Waals surface area contributed by atoms with E-state index in [1.54, 1.807) is 18.2 Å². The summed E-state index contributed by atoms with van der Waals surface area (Å²) >= 11 is 0. The van der Waals surface area contributed by atoms with Gasteiger partial charge in [-0.25, -0.2) is 13.4 Å². The van der Waals surface area contributed by atoms with Gasteiger partial charge in [0.15, 0.2) is 9.84 Å². The number of pyridine rings is 1. The number of nitrogens with one attached hydrogen (secondary N) is 1. The van der Waals surface area contributed by atoms with Gasteiger partial charge in [-0.05, 0) is 42.0 Å². The van der Waals surface area contributed by atoms with Gasteiger partial charge in [0.05, 0.1) is 25.1 Å². The Kier molecular flexibility index (Phi) is 9.34. The van der Waals surface area contributed by atoms with Crippen LogP contribution in [0.5, 0.6) is 5.88 Å². The summed E-state index contributed by atoms with van der Waals surface area (Å²) in [6.07, 6.45) is 3.10. The second kappa shape index (κ2) is 11.5. The third-order valence-corrected chi connectivity index (χ3v) is 9.11. The van der Waals surface area contributed by atoms with Crippen molar-refractivity contribution in [1.29, 1.82) is 0 Å². The first-order chi connectivity index (χ1) is 16.5. The number of benzene rings is 1. The molecule has 0 aliphatic carbocycles. The molecule has 7 nitrogen and oxygen atoms in total. The molecule has 10 heteroatoms. The summed E-state index contributed by atoms with van der Waals surface area (Å²) in [6, 6.07) is 7.94. The van der Waals surface area contributed by atoms with E-state index in [1.165, 1.54) is 12.1 Å². The summed E-state index contributed by atoms with van der Waals surface area (Å²) in [5.41, 5.74) is 11.9. The van der Waals surface area contributed by atoms with Gasteiger partial charge in [0.1, 0.15) is 13.8 Å². The van der Waals surface area contributed by atoms with Crippen molar-refractivity contribution in [2.75, 3.05) is 18.6 Å². The van der Waals surface area contributed by atoms with Crippen LogP contribution in [0.3, 0.4) is 0 Å². The molecular formula is C26H37N3O4SSi2. The molecule has 36 heavy (non-hydrogen) atoms. The number of amides is 1. The highest BCUT2D eigenvalue weighted by Gasteiger charge is 2.28. The third-order valence-electron chi connectivity index (χ3n) is 5.08. The highest BCUT2D eigenvalue weighted by Crippen LogP contribution is 2.36. The van der Waals surface area contributed by atoms with Gasteiger partial charge in [0, 0.05) is 18.5 Å². The van der Waals surface area contributed by atoms with E-state index in [9.17, 15) is 13.2 Å². The predicted octanol–water partition coefficient (Wildman–Crippen LogP) is 4.54. The number of nitrogens with zero attached hydrogens (tertiary/aromatic N) is 1. The van der Waals surface area contributed by atoms with E-state index in [4.69, 9.17) is 10.5 Å². The van der Waals surface area contributed by atoms with Crippen molar-refractivity contribution < 1.29 is 17.9 Å². The third kappa shape index (κ3) is 8.36. The molecule has 0 saturated heterocycles. The molecule has 0 radical (unpaired) electrons. The van der Waals surface area contributed by atoms with E-state index in [-0.39, 0.29) is 17.1 Å². The molecule has 0 bridgehead atoms. The largest absolute Gasteiger partial charge is 0.477 e. The van der Waals surface area contributed by atoms with Crippen LogP contribution in [-0.2, 0) is 16.4 Å². The summed E-state index contributed by atoms with van der Waals surface area (Å²) in [4.78, 5) is 17.7. The van der Waals surface area contributed by atoms with Crippen LogP contribution < -0.4 is 15.8 Å². The van der Waals surface area contributed by atoms with Crippen LogP contribution in [-0.4, -0.2) is 48.3 Å². The molecule has 0 saturated carbocycles. The molecule has 2 aromatic rings. The highest BCUT2D eigenvalue weighted by atomic mass is 32.2. The smallest absolute Gasteiger partial charge is 0.270 e. The Balaban J connectivity index is 2.40. The normalized spacial score (nSPS) is 12.5. The molecule has 0 unspecified atom stereocenters. The van der Waals surface area contributed by atoms with Crippen LogP contribution in [0.1, 0.15) is 28.5 Å². The Morgan fingerprint density at radius 2 is 1.75 bits per heavy atom. The first-order valence-corrected chi connectivity index (χ1v) is 20.7. The minimum atomic E-state index is -3.28. The molecule has 1 heterocycles. The van der Waals surface area contributed by atoms with Gasteiger partial charge < -0.3 is 15.8 Å². The van der Waals surface area contributed by atoms with Gasteiger partial charge in [-0.1, -0.05) is 57.3 Å². The molecule has 0 spiro atoms. The second-order valence-electron chi connectivity index (χ2n) is 10.6. The van der Waals surface area contributed by atoms with E-state index < -0.39 is 31.9 Å². The summed E-state index contributed by atoms with van der Waals surface area (Å²) in [5.74, 6) is 3.16. The van der Waals surface area contributed by atoms with Crippen LogP contribution in [0.2, 0.25) is 39.3 Å². The lowest BCUT2D eigenvalue weighted by molar-refractivity contribution is 0.0944. The monoisotopic (exact) mass is 543 g/mol. The second-order valence-corrected chi connectivity index (χ2v) is 22.4. The fourth-order valence-corrected chi connectivity index (χ4v) is 5.93. The molecule has 0 atom stereocenters. The van der Waals surface area contributed by atoms with Crippen molar-refractivity contribution in [3.63, 3.8) is 0 Å². The van der Waals surface area contributed by atoms with Crippen LogP contribution in [0, 0.1) is 11.5 Å². The van der Waals surface area contributed by atoms with Crippen LogP contribution in [0.4, 0.5) is 5.69 Å². The maximum atomic E-state index is 12.9. The standard InChI is InChI=1S/C26H37N3O4SSi2/c1-9-33-26-24(23(36(6,7)8)11-10-16-35(3,4)5)21(27)17-22(29-26)25(30)28-18-19-12-14-20(15-13-19)34(2,31)32/h11-15,17H,9,18H2,1-8H3,(H2,27,29)(H,28,30). The molecule has 0 aliphatic heterocycles. The maximum absolute atomic E-state index is 12.9. The van der Waals surface area contributed by atoms with Crippen molar-refractivity contribution in [1.82, 2.24) is 10.3 Å². The SMILES string of the molecule is CCOc1nc(C(=O)NCc2ccc(S(C)(=O)=O)cc2)cc(N)c1C(=CC#C[Si](C)(C)C)[Si](C)(C)C. The number of carbonyl (C=O) groups is 1. The Morgan fingerprint density at radius 1 is 1.14 bits per heavy atom. The van der Waals surface area contributed by atoms with E-state index in [2.05, 4.69) is 61.0 Å².